The molecule has 0 aromatic heterocycles. The second kappa shape index (κ2) is 27.3. The highest BCUT2D eigenvalue weighted by Gasteiger charge is 2.36. The van der Waals surface area contributed by atoms with Crippen molar-refractivity contribution < 1.29 is 81.4 Å². The Kier molecular flexibility index (Phi) is 20.4. The summed E-state index contributed by atoms with van der Waals surface area (Å²) in [5.74, 6) is -9.79. The molecule has 0 unspecified atom stereocenters. The summed E-state index contributed by atoms with van der Waals surface area (Å²) < 4.78 is 42.3. The van der Waals surface area contributed by atoms with Gasteiger partial charge in [0.25, 0.3) is 0 Å². The van der Waals surface area contributed by atoms with Crippen molar-refractivity contribution >= 4 is 47.8 Å². The predicted octanol–water partition coefficient (Wildman–Crippen LogP) is 5.36. The minimum absolute atomic E-state index is 0.164. The molecule has 0 aliphatic heterocycles. The molecule has 17 heteroatoms. The van der Waals surface area contributed by atoms with Gasteiger partial charge in [0.05, 0.1) is 25.7 Å². The van der Waals surface area contributed by atoms with E-state index in [1.54, 1.807) is 152 Å². The zero-order chi connectivity index (χ0) is 48.5. The van der Waals surface area contributed by atoms with Gasteiger partial charge in [0.15, 0.2) is 6.10 Å². The number of aliphatic hydroxyl groups is 1. The number of esters is 8. The average Bonchev–Trinajstić information content (AvgIpc) is 3.36. The van der Waals surface area contributed by atoms with E-state index in [1.807, 2.05) is 0 Å². The van der Waals surface area contributed by atoms with Gasteiger partial charge in [-0.2, -0.15) is 0 Å². The van der Waals surface area contributed by atoms with Crippen LogP contribution in [0.15, 0.2) is 152 Å². The molecular weight excluding hydrogens is 885 g/mol. The first kappa shape index (κ1) is 50.8. The Morgan fingerprint density at radius 3 is 0.838 bits per heavy atom. The Hall–Kier alpha value is -8.18. The summed E-state index contributed by atoms with van der Waals surface area (Å²) in [6.45, 7) is -1.30. The van der Waals surface area contributed by atoms with Crippen LogP contribution in [0, 0.1) is 0 Å². The summed E-state index contributed by atoms with van der Waals surface area (Å²) >= 11 is 0. The van der Waals surface area contributed by atoms with Crippen LogP contribution < -0.4 is 0 Å². The van der Waals surface area contributed by atoms with Crippen LogP contribution in [0.2, 0.25) is 0 Å². The fourth-order valence-electron chi connectivity index (χ4n) is 5.92. The van der Waals surface area contributed by atoms with Crippen LogP contribution >= 0.6 is 0 Å². The number of carbonyl (C=O) groups is 8. The van der Waals surface area contributed by atoms with Gasteiger partial charge < -0.3 is 43.0 Å². The molecular formula is C51H48O17. The van der Waals surface area contributed by atoms with Gasteiger partial charge in [-0.05, 0) is 27.8 Å². The molecule has 0 saturated heterocycles. The summed E-state index contributed by atoms with van der Waals surface area (Å²) in [5.41, 5.74) is 2.86. The third-order valence-corrected chi connectivity index (χ3v) is 9.44. The molecule has 5 aromatic carbocycles. The number of hydrogen-bond acceptors (Lipinski definition) is 17. The second-order valence-corrected chi connectivity index (χ2v) is 14.8. The van der Waals surface area contributed by atoms with Crippen molar-refractivity contribution in [2.45, 2.75) is 83.1 Å². The molecule has 0 saturated carbocycles. The van der Waals surface area contributed by atoms with Gasteiger partial charge in [0.1, 0.15) is 33.0 Å². The molecule has 5 aromatic rings. The van der Waals surface area contributed by atoms with E-state index in [0.717, 1.165) is 0 Å². The molecule has 4 atom stereocenters. The van der Waals surface area contributed by atoms with Gasteiger partial charge in [-0.15, -0.1) is 0 Å². The minimum atomic E-state index is -2.09. The smallest absolute Gasteiger partial charge is 0.348 e. The van der Waals surface area contributed by atoms with Crippen LogP contribution in [0.4, 0.5) is 0 Å². The predicted molar refractivity (Wildman–Crippen MR) is 235 cm³/mol. The van der Waals surface area contributed by atoms with Gasteiger partial charge in [0.2, 0.25) is 18.3 Å². The monoisotopic (exact) mass is 932 g/mol. The van der Waals surface area contributed by atoms with E-state index in [4.69, 9.17) is 37.9 Å². The first-order valence-corrected chi connectivity index (χ1v) is 21.2. The maximum Gasteiger partial charge on any atom is 0.348 e. The summed E-state index contributed by atoms with van der Waals surface area (Å²) in [7, 11) is 0. The molecule has 0 fully saturated rings. The molecule has 0 bridgehead atoms. The Balaban J connectivity index is 1.29. The number of hydrogen-bond donors (Lipinski definition) is 1. The van der Waals surface area contributed by atoms with E-state index in [-0.39, 0.29) is 33.0 Å². The Morgan fingerprint density at radius 1 is 0.309 bits per heavy atom. The minimum Gasteiger partial charge on any atom is -0.461 e. The number of carbonyl (C=O) groups excluding carboxylic acids is 8. The molecule has 5 rings (SSSR count). The number of rotatable bonds is 25. The first-order valence-electron chi connectivity index (χ1n) is 21.2. The molecule has 0 amide bonds. The number of aliphatic hydroxyl groups excluding tert-OH is 1. The standard InChI is InChI=1S/C51H48O17/c52-40(48(57)62-31-36-18-8-2-9-19-36)26-45(54)66-42(50(59)64-33-38-22-12-4-13-23-38)28-47(56)68-43(51(60)65-34-39-24-14-5-15-25-39)29-46(55)67-41(49(58)63-32-37-20-10-3-11-21-37)27-44(53)61-30-35-16-6-1-7-17-35/h1-25,40-43,52H,26-34H2/t40-,41-,42-,43-/m0/s1. The van der Waals surface area contributed by atoms with E-state index in [0.29, 0.717) is 27.8 Å². The van der Waals surface area contributed by atoms with Crippen LogP contribution in [-0.2, 0) is 109 Å². The van der Waals surface area contributed by atoms with Crippen LogP contribution in [0.25, 0.3) is 0 Å². The van der Waals surface area contributed by atoms with Crippen molar-refractivity contribution in [2.75, 3.05) is 0 Å². The highest BCUT2D eigenvalue weighted by atomic mass is 16.6. The van der Waals surface area contributed by atoms with Crippen LogP contribution in [-0.4, -0.2) is 77.3 Å². The quantitative estimate of drug-likeness (QED) is 0.0573. The van der Waals surface area contributed by atoms with Crippen molar-refractivity contribution in [2.24, 2.45) is 0 Å². The zero-order valence-electron chi connectivity index (χ0n) is 36.6. The normalized spacial score (nSPS) is 12.4. The molecule has 0 aliphatic rings. The first-order chi connectivity index (χ1) is 32.9. The van der Waals surface area contributed by atoms with Crippen molar-refractivity contribution in [3.8, 4) is 0 Å². The third-order valence-electron chi connectivity index (χ3n) is 9.44. The molecule has 17 nitrogen and oxygen atoms in total. The lowest BCUT2D eigenvalue weighted by Crippen LogP contribution is -2.38. The van der Waals surface area contributed by atoms with Gasteiger partial charge in [0, 0.05) is 0 Å². The van der Waals surface area contributed by atoms with Gasteiger partial charge in [-0.25, -0.2) is 19.2 Å². The largest absolute Gasteiger partial charge is 0.461 e. The second-order valence-electron chi connectivity index (χ2n) is 14.8. The van der Waals surface area contributed by atoms with Crippen LogP contribution in [0.3, 0.4) is 0 Å². The van der Waals surface area contributed by atoms with E-state index >= 15 is 0 Å². The van der Waals surface area contributed by atoms with E-state index < -0.39 is 97.9 Å². The maximum absolute atomic E-state index is 13.6. The lowest BCUT2D eigenvalue weighted by molar-refractivity contribution is -0.182. The van der Waals surface area contributed by atoms with Crippen LogP contribution in [0.5, 0.6) is 0 Å². The van der Waals surface area contributed by atoms with Crippen molar-refractivity contribution in [1.29, 1.82) is 0 Å². The molecule has 0 aliphatic carbocycles. The molecule has 68 heavy (non-hydrogen) atoms. The van der Waals surface area contributed by atoms with Gasteiger partial charge in [-0.1, -0.05) is 152 Å². The molecule has 354 valence electrons. The Labute approximate surface area is 390 Å². The summed E-state index contributed by atoms with van der Waals surface area (Å²) in [4.78, 5) is 106. The maximum atomic E-state index is 13.6. The fraction of sp³-hybridized carbons (Fsp3) is 0.255. The highest BCUT2D eigenvalue weighted by Crippen LogP contribution is 2.17. The van der Waals surface area contributed by atoms with Crippen molar-refractivity contribution in [3.05, 3.63) is 179 Å². The lowest BCUT2D eigenvalue weighted by atomic mass is 10.2. The van der Waals surface area contributed by atoms with E-state index in [1.165, 1.54) is 0 Å². The molecule has 1 N–H and O–H groups in total. The Morgan fingerprint density at radius 2 is 0.544 bits per heavy atom. The third kappa shape index (κ3) is 18.4. The average molecular weight is 933 g/mol. The summed E-state index contributed by atoms with van der Waals surface area (Å²) in [5, 5.41) is 10.4. The van der Waals surface area contributed by atoms with Crippen molar-refractivity contribution in [1.82, 2.24) is 0 Å². The van der Waals surface area contributed by atoms with Gasteiger partial charge in [-0.3, -0.25) is 19.2 Å². The van der Waals surface area contributed by atoms with Crippen LogP contribution in [0.1, 0.15) is 53.5 Å². The van der Waals surface area contributed by atoms with E-state index in [9.17, 15) is 43.5 Å². The number of ether oxygens (including phenoxy) is 8. The number of benzene rings is 5. The Bertz CT molecular complexity index is 2410. The highest BCUT2D eigenvalue weighted by molar-refractivity contribution is 5.89. The SMILES string of the molecule is O=C(C[C@H](OC(=O)C[C@H](OC(=O)C[C@H](OC(=O)C[C@H](O)C(=O)OCc1ccccc1)C(=O)OCc1ccccc1)C(=O)OCc1ccccc1)C(=O)OCc1ccccc1)OCc1ccccc1. The topological polar surface area (TPSA) is 231 Å². The molecule has 0 heterocycles. The molecule has 0 spiro atoms. The van der Waals surface area contributed by atoms with Gasteiger partial charge >= 0.3 is 47.8 Å². The van der Waals surface area contributed by atoms with Crippen molar-refractivity contribution in [3.63, 3.8) is 0 Å². The fourth-order valence-corrected chi connectivity index (χ4v) is 5.92. The lowest BCUT2D eigenvalue weighted by Gasteiger charge is -2.21. The summed E-state index contributed by atoms with van der Waals surface area (Å²) in [6.07, 6.45) is -12.1. The zero-order valence-corrected chi connectivity index (χ0v) is 36.6. The molecule has 0 radical (unpaired) electrons. The summed E-state index contributed by atoms with van der Waals surface area (Å²) in [6, 6.07) is 42.3. The van der Waals surface area contributed by atoms with E-state index in [2.05, 4.69) is 0 Å².